The molecule has 1 aromatic carbocycles. The van der Waals surface area contributed by atoms with Gasteiger partial charge in [-0.3, -0.25) is 9.59 Å². The van der Waals surface area contributed by atoms with E-state index in [1.807, 2.05) is 47.5 Å². The molecule has 0 fully saturated rings. The first-order chi connectivity index (χ1) is 16.0. The van der Waals surface area contributed by atoms with Crippen molar-refractivity contribution in [2.75, 3.05) is 33.9 Å². The minimum atomic E-state index is -0.0128. The summed E-state index contributed by atoms with van der Waals surface area (Å²) in [6.45, 7) is 6.02. The Morgan fingerprint density at radius 3 is 2.33 bits per heavy atom. The molecule has 2 rings (SSSR count). The molecule has 0 radical (unpaired) electrons. The van der Waals surface area contributed by atoms with Gasteiger partial charge in [-0.2, -0.15) is 0 Å². The lowest BCUT2D eigenvalue weighted by molar-refractivity contribution is -0.141. The molecule has 0 spiro atoms. The van der Waals surface area contributed by atoms with Gasteiger partial charge in [0.05, 0.1) is 27.3 Å². The fraction of sp³-hybridized carbons (Fsp3) is 0.538. The number of methoxy groups -OCH3 is 2. The van der Waals surface area contributed by atoms with Crippen LogP contribution in [-0.2, 0) is 22.6 Å². The van der Waals surface area contributed by atoms with Crippen molar-refractivity contribution in [2.24, 2.45) is 0 Å². The summed E-state index contributed by atoms with van der Waals surface area (Å²) in [4.78, 5) is 30.8. The number of carbonyl (C=O) groups excluding carboxylic acids is 2. The van der Waals surface area contributed by atoms with E-state index >= 15 is 0 Å². The smallest absolute Gasteiger partial charge is 0.242 e. The zero-order valence-electron chi connectivity index (χ0n) is 20.5. The molecule has 2 amide bonds. The second-order valence-electron chi connectivity index (χ2n) is 8.11. The van der Waals surface area contributed by atoms with Gasteiger partial charge >= 0.3 is 0 Å². The monoisotopic (exact) mass is 474 g/mol. The number of unbranched alkanes of at least 4 members (excludes halogenated alkanes) is 2. The van der Waals surface area contributed by atoms with E-state index in [-0.39, 0.29) is 18.4 Å². The van der Waals surface area contributed by atoms with Crippen LogP contribution in [0, 0.1) is 0 Å². The SMILES string of the molecule is CCCCCC(=O)N(CCC)CC(=O)N(CCc1ccc(OC)c(OC)c1)Cc1cccs1. The third-order valence-electron chi connectivity index (χ3n) is 5.56. The molecule has 33 heavy (non-hydrogen) atoms. The summed E-state index contributed by atoms with van der Waals surface area (Å²) in [6.07, 6.45) is 5.03. The zero-order valence-corrected chi connectivity index (χ0v) is 21.3. The van der Waals surface area contributed by atoms with Crippen molar-refractivity contribution in [3.63, 3.8) is 0 Å². The largest absolute Gasteiger partial charge is 0.493 e. The molecule has 182 valence electrons. The molecule has 0 aliphatic carbocycles. The van der Waals surface area contributed by atoms with Crippen LogP contribution < -0.4 is 9.47 Å². The summed E-state index contributed by atoms with van der Waals surface area (Å²) in [5, 5.41) is 2.02. The molecule has 2 aromatic rings. The second-order valence-corrected chi connectivity index (χ2v) is 9.14. The van der Waals surface area contributed by atoms with Crippen molar-refractivity contribution in [3.05, 3.63) is 46.2 Å². The minimum absolute atomic E-state index is 0.0128. The number of amides is 2. The van der Waals surface area contributed by atoms with Crippen LogP contribution in [0.25, 0.3) is 0 Å². The predicted molar refractivity (Wildman–Crippen MR) is 134 cm³/mol. The summed E-state index contributed by atoms with van der Waals surface area (Å²) in [6, 6.07) is 9.87. The lowest BCUT2D eigenvalue weighted by atomic mass is 10.1. The van der Waals surface area contributed by atoms with E-state index in [4.69, 9.17) is 9.47 Å². The fourth-order valence-corrected chi connectivity index (χ4v) is 4.41. The molecule has 0 aliphatic rings. The summed E-state index contributed by atoms with van der Waals surface area (Å²) >= 11 is 1.64. The molecule has 0 N–H and O–H groups in total. The Bertz CT molecular complexity index is 854. The lowest BCUT2D eigenvalue weighted by Crippen LogP contribution is -2.43. The van der Waals surface area contributed by atoms with Crippen molar-refractivity contribution in [3.8, 4) is 11.5 Å². The average Bonchev–Trinajstić information content (AvgIpc) is 3.34. The number of hydrogen-bond acceptors (Lipinski definition) is 5. The van der Waals surface area contributed by atoms with Crippen molar-refractivity contribution >= 4 is 23.2 Å². The van der Waals surface area contributed by atoms with Crippen LogP contribution in [0.3, 0.4) is 0 Å². The zero-order chi connectivity index (χ0) is 24.1. The Labute approximate surface area is 202 Å². The van der Waals surface area contributed by atoms with E-state index in [2.05, 4.69) is 6.92 Å². The van der Waals surface area contributed by atoms with Gasteiger partial charge < -0.3 is 19.3 Å². The predicted octanol–water partition coefficient (Wildman–Crippen LogP) is 5.16. The first-order valence-corrected chi connectivity index (χ1v) is 12.7. The third-order valence-corrected chi connectivity index (χ3v) is 6.43. The molecule has 0 bridgehead atoms. The Morgan fingerprint density at radius 1 is 0.909 bits per heavy atom. The standard InChI is InChI=1S/C26H38N2O4S/c1-5-7-8-11-25(29)27(15-6-2)20-26(30)28(19-22-10-9-17-33-22)16-14-21-12-13-23(31-3)24(18-21)32-4/h9-10,12-13,17-18H,5-8,11,14-16,19-20H2,1-4H3. The van der Waals surface area contributed by atoms with E-state index in [9.17, 15) is 9.59 Å². The molecule has 0 aliphatic heterocycles. The Balaban J connectivity index is 2.09. The van der Waals surface area contributed by atoms with Crippen LogP contribution in [-0.4, -0.2) is 55.5 Å². The third kappa shape index (κ3) is 8.72. The first-order valence-electron chi connectivity index (χ1n) is 11.8. The molecule has 7 heteroatoms. The average molecular weight is 475 g/mol. The van der Waals surface area contributed by atoms with Gasteiger partial charge in [0.15, 0.2) is 11.5 Å². The van der Waals surface area contributed by atoms with Crippen LogP contribution in [0.1, 0.15) is 56.4 Å². The maximum absolute atomic E-state index is 13.3. The molecule has 1 aromatic heterocycles. The maximum Gasteiger partial charge on any atom is 0.242 e. The molecule has 0 atom stereocenters. The van der Waals surface area contributed by atoms with Crippen LogP contribution in [0.5, 0.6) is 11.5 Å². The second kappa shape index (κ2) is 14.6. The van der Waals surface area contributed by atoms with Crippen LogP contribution in [0.2, 0.25) is 0 Å². The van der Waals surface area contributed by atoms with Gasteiger partial charge in [-0.15, -0.1) is 11.3 Å². The Morgan fingerprint density at radius 2 is 1.70 bits per heavy atom. The van der Waals surface area contributed by atoms with Gasteiger partial charge in [-0.05, 0) is 48.4 Å². The molecule has 6 nitrogen and oxygen atoms in total. The number of nitrogens with zero attached hydrogens (tertiary/aromatic N) is 2. The highest BCUT2D eigenvalue weighted by Gasteiger charge is 2.21. The van der Waals surface area contributed by atoms with Crippen molar-refractivity contribution in [2.45, 2.75) is 58.9 Å². The molecule has 1 heterocycles. The number of hydrogen-bond donors (Lipinski definition) is 0. The fourth-order valence-electron chi connectivity index (χ4n) is 3.69. The van der Waals surface area contributed by atoms with E-state index in [0.717, 1.165) is 36.1 Å². The van der Waals surface area contributed by atoms with Gasteiger partial charge in [0.25, 0.3) is 0 Å². The number of thiophene rings is 1. The maximum atomic E-state index is 13.3. The van der Waals surface area contributed by atoms with Crippen LogP contribution in [0.15, 0.2) is 35.7 Å². The van der Waals surface area contributed by atoms with E-state index in [1.54, 1.807) is 30.5 Å². The summed E-state index contributed by atoms with van der Waals surface area (Å²) in [7, 11) is 3.23. The normalized spacial score (nSPS) is 10.7. The summed E-state index contributed by atoms with van der Waals surface area (Å²) < 4.78 is 10.7. The molecular weight excluding hydrogens is 436 g/mol. The summed E-state index contributed by atoms with van der Waals surface area (Å²) in [5.74, 6) is 1.43. The topological polar surface area (TPSA) is 59.1 Å². The van der Waals surface area contributed by atoms with Gasteiger partial charge in [-0.1, -0.05) is 38.8 Å². The van der Waals surface area contributed by atoms with Crippen molar-refractivity contribution < 1.29 is 19.1 Å². The van der Waals surface area contributed by atoms with E-state index in [1.165, 1.54) is 0 Å². The van der Waals surface area contributed by atoms with Crippen LogP contribution >= 0.6 is 11.3 Å². The van der Waals surface area contributed by atoms with Crippen molar-refractivity contribution in [1.29, 1.82) is 0 Å². The van der Waals surface area contributed by atoms with Gasteiger partial charge in [0.2, 0.25) is 11.8 Å². The Hall–Kier alpha value is -2.54. The Kier molecular flexibility index (Phi) is 11.8. The van der Waals surface area contributed by atoms with Crippen LogP contribution in [0.4, 0.5) is 0 Å². The molecular formula is C26H38N2O4S. The number of rotatable bonds is 15. The van der Waals surface area contributed by atoms with Crippen molar-refractivity contribution in [1.82, 2.24) is 9.80 Å². The van der Waals surface area contributed by atoms with Gasteiger partial charge in [0.1, 0.15) is 0 Å². The number of carbonyl (C=O) groups is 2. The van der Waals surface area contributed by atoms with Gasteiger partial charge in [-0.25, -0.2) is 0 Å². The first kappa shape index (κ1) is 26.7. The van der Waals surface area contributed by atoms with E-state index < -0.39 is 0 Å². The molecule has 0 saturated carbocycles. The minimum Gasteiger partial charge on any atom is -0.493 e. The highest BCUT2D eigenvalue weighted by Crippen LogP contribution is 2.28. The van der Waals surface area contributed by atoms with E-state index in [0.29, 0.717) is 44.0 Å². The highest BCUT2D eigenvalue weighted by atomic mass is 32.1. The summed E-state index contributed by atoms with van der Waals surface area (Å²) in [5.41, 5.74) is 1.07. The molecule has 0 saturated heterocycles. The number of ether oxygens (including phenoxy) is 2. The lowest BCUT2D eigenvalue weighted by Gasteiger charge is -2.27. The quantitative estimate of drug-likeness (QED) is 0.335. The molecule has 0 unspecified atom stereocenters. The van der Waals surface area contributed by atoms with Gasteiger partial charge in [0, 0.05) is 24.4 Å². The number of benzene rings is 1. The highest BCUT2D eigenvalue weighted by molar-refractivity contribution is 7.09.